The quantitative estimate of drug-likeness (QED) is 0.758. The molecule has 148 valence electrons. The molecule has 0 spiro atoms. The van der Waals surface area contributed by atoms with Gasteiger partial charge in [0.15, 0.2) is 0 Å². The van der Waals surface area contributed by atoms with Gasteiger partial charge < -0.3 is 4.74 Å². The fourth-order valence-electron chi connectivity index (χ4n) is 4.73. The molecule has 1 aromatic carbocycles. The molecule has 0 radical (unpaired) electrons. The Morgan fingerprint density at radius 3 is 2.54 bits per heavy atom. The molecule has 3 heteroatoms. The molecule has 0 aromatic heterocycles. The molecule has 1 fully saturated rings. The van der Waals surface area contributed by atoms with Crippen LogP contribution in [0.1, 0.15) is 51.1 Å². The molecular formula is C25H32N2O. The van der Waals surface area contributed by atoms with Crippen molar-refractivity contribution in [3.05, 3.63) is 83.2 Å². The van der Waals surface area contributed by atoms with Crippen molar-refractivity contribution >= 4 is 0 Å². The molecule has 1 saturated heterocycles. The molecule has 1 aromatic rings. The maximum Gasteiger partial charge on any atom is 0.0958 e. The summed E-state index contributed by atoms with van der Waals surface area (Å²) in [5.41, 5.74) is 4.44. The fraction of sp³-hybridized carbons (Fsp3) is 0.440. The van der Waals surface area contributed by atoms with Crippen LogP contribution < -0.4 is 5.32 Å². The minimum absolute atomic E-state index is 0.0782. The predicted octanol–water partition coefficient (Wildman–Crippen LogP) is 5.26. The highest BCUT2D eigenvalue weighted by atomic mass is 16.5. The number of nitrogens with one attached hydrogen (secondary N) is 1. The Morgan fingerprint density at radius 2 is 1.89 bits per heavy atom. The molecule has 2 unspecified atom stereocenters. The third-order valence-corrected chi connectivity index (χ3v) is 6.04. The number of hydrogen-bond acceptors (Lipinski definition) is 3. The van der Waals surface area contributed by atoms with E-state index in [0.29, 0.717) is 6.04 Å². The van der Waals surface area contributed by atoms with Crippen molar-refractivity contribution in [2.75, 3.05) is 13.7 Å². The molecule has 0 saturated carbocycles. The van der Waals surface area contributed by atoms with Gasteiger partial charge in [0, 0.05) is 18.5 Å². The van der Waals surface area contributed by atoms with Gasteiger partial charge in [-0.2, -0.15) is 0 Å². The van der Waals surface area contributed by atoms with Gasteiger partial charge in [-0.15, -0.1) is 0 Å². The van der Waals surface area contributed by atoms with Crippen LogP contribution in [0.3, 0.4) is 0 Å². The highest BCUT2D eigenvalue weighted by molar-refractivity contribution is 5.35. The topological polar surface area (TPSA) is 24.5 Å². The summed E-state index contributed by atoms with van der Waals surface area (Å²) in [6.45, 7) is 5.66. The van der Waals surface area contributed by atoms with Gasteiger partial charge in [0.05, 0.1) is 25.1 Å². The molecule has 1 aliphatic heterocycles. The van der Waals surface area contributed by atoms with E-state index in [9.17, 15) is 0 Å². The van der Waals surface area contributed by atoms with E-state index in [4.69, 9.17) is 4.74 Å². The summed E-state index contributed by atoms with van der Waals surface area (Å²) in [6, 6.07) is 11.3. The number of hydrogen-bond donors (Lipinski definition) is 1. The maximum absolute atomic E-state index is 5.45. The number of rotatable bonds is 5. The minimum Gasteiger partial charge on any atom is -0.501 e. The lowest BCUT2D eigenvalue weighted by Crippen LogP contribution is -2.42. The highest BCUT2D eigenvalue weighted by Crippen LogP contribution is 2.40. The minimum atomic E-state index is 0.0782. The Balaban J connectivity index is 1.73. The van der Waals surface area contributed by atoms with Gasteiger partial charge in [0.2, 0.25) is 0 Å². The Labute approximate surface area is 169 Å². The molecule has 2 atom stereocenters. The van der Waals surface area contributed by atoms with Gasteiger partial charge in [-0.1, -0.05) is 54.6 Å². The first-order chi connectivity index (χ1) is 13.6. The van der Waals surface area contributed by atoms with Gasteiger partial charge in [-0.05, 0) is 55.9 Å². The first kappa shape index (κ1) is 19.2. The summed E-state index contributed by atoms with van der Waals surface area (Å²) in [4.78, 5) is 2.68. The number of ether oxygens (including phenoxy) is 1. The van der Waals surface area contributed by atoms with E-state index in [2.05, 4.69) is 84.8 Å². The van der Waals surface area contributed by atoms with E-state index < -0.39 is 0 Å². The fourth-order valence-corrected chi connectivity index (χ4v) is 4.73. The van der Waals surface area contributed by atoms with Crippen LogP contribution in [0.4, 0.5) is 0 Å². The number of benzene rings is 1. The van der Waals surface area contributed by atoms with E-state index in [1.807, 2.05) is 0 Å². The Hall–Kier alpha value is -2.10. The van der Waals surface area contributed by atoms with Crippen molar-refractivity contribution < 1.29 is 4.74 Å². The second kappa shape index (κ2) is 8.10. The van der Waals surface area contributed by atoms with Gasteiger partial charge in [-0.3, -0.25) is 10.2 Å². The van der Waals surface area contributed by atoms with Crippen molar-refractivity contribution in [1.29, 1.82) is 0 Å². The summed E-state index contributed by atoms with van der Waals surface area (Å²) in [6.07, 6.45) is 15.8. The lowest BCUT2D eigenvalue weighted by molar-refractivity contribution is 0.206. The van der Waals surface area contributed by atoms with Crippen LogP contribution in [0.2, 0.25) is 0 Å². The Bertz CT molecular complexity index is 816. The van der Waals surface area contributed by atoms with Crippen molar-refractivity contribution in [2.45, 2.75) is 57.3 Å². The standard InChI is InChI=1S/C25H32N2O/c1-25(2)18-27(24(26-25)21-14-16-22(28-3)17-15-21)23(19-10-6-4-7-11-19)20-12-8-5-9-13-20/h4-8,10-12,14,16,23-24,26H,9,13,15,17-18H2,1-3H3. The van der Waals surface area contributed by atoms with E-state index in [-0.39, 0.29) is 11.7 Å². The molecule has 0 amide bonds. The predicted molar refractivity (Wildman–Crippen MR) is 116 cm³/mol. The Kier molecular flexibility index (Phi) is 5.56. The van der Waals surface area contributed by atoms with Gasteiger partial charge in [0.25, 0.3) is 0 Å². The second-order valence-electron chi connectivity index (χ2n) is 8.70. The van der Waals surface area contributed by atoms with Crippen molar-refractivity contribution in [2.24, 2.45) is 0 Å². The van der Waals surface area contributed by atoms with Crippen LogP contribution in [0.25, 0.3) is 0 Å². The average Bonchev–Trinajstić information content (AvgIpc) is 3.05. The maximum atomic E-state index is 5.45. The van der Waals surface area contributed by atoms with Crippen LogP contribution in [-0.2, 0) is 4.74 Å². The van der Waals surface area contributed by atoms with Crippen molar-refractivity contribution in [3.8, 4) is 0 Å². The summed E-state index contributed by atoms with van der Waals surface area (Å²) >= 11 is 0. The monoisotopic (exact) mass is 376 g/mol. The molecular weight excluding hydrogens is 344 g/mol. The SMILES string of the molecule is COC1=CC=C(C2NC(C)(C)CN2C(C2=CC=CCC2)c2ccccc2)CC1. The normalized spacial score (nSPS) is 25.7. The molecule has 1 N–H and O–H groups in total. The summed E-state index contributed by atoms with van der Waals surface area (Å²) < 4.78 is 5.45. The zero-order valence-corrected chi connectivity index (χ0v) is 17.3. The van der Waals surface area contributed by atoms with E-state index in [1.54, 1.807) is 7.11 Å². The largest absolute Gasteiger partial charge is 0.501 e. The van der Waals surface area contributed by atoms with Crippen LogP contribution in [0.5, 0.6) is 0 Å². The zero-order valence-electron chi connectivity index (χ0n) is 17.3. The summed E-state index contributed by atoms with van der Waals surface area (Å²) in [7, 11) is 1.77. The van der Waals surface area contributed by atoms with E-state index >= 15 is 0 Å². The number of allylic oxidation sites excluding steroid dienone is 6. The number of methoxy groups -OCH3 is 1. The molecule has 3 aliphatic rings. The van der Waals surface area contributed by atoms with E-state index in [0.717, 1.165) is 38.0 Å². The van der Waals surface area contributed by atoms with Crippen LogP contribution in [0, 0.1) is 0 Å². The van der Waals surface area contributed by atoms with Crippen molar-refractivity contribution in [1.82, 2.24) is 10.2 Å². The van der Waals surface area contributed by atoms with E-state index in [1.165, 1.54) is 16.7 Å². The van der Waals surface area contributed by atoms with Gasteiger partial charge >= 0.3 is 0 Å². The second-order valence-corrected chi connectivity index (χ2v) is 8.70. The summed E-state index contributed by atoms with van der Waals surface area (Å²) in [5.74, 6) is 1.08. The molecule has 0 bridgehead atoms. The van der Waals surface area contributed by atoms with Crippen LogP contribution in [-0.4, -0.2) is 30.3 Å². The third-order valence-electron chi connectivity index (χ3n) is 6.04. The summed E-state index contributed by atoms with van der Waals surface area (Å²) in [5, 5.41) is 3.91. The molecule has 4 rings (SSSR count). The van der Waals surface area contributed by atoms with Gasteiger partial charge in [-0.25, -0.2) is 0 Å². The molecule has 2 aliphatic carbocycles. The lowest BCUT2D eigenvalue weighted by atomic mass is 9.89. The average molecular weight is 377 g/mol. The zero-order chi connectivity index (χ0) is 19.6. The molecule has 28 heavy (non-hydrogen) atoms. The third kappa shape index (κ3) is 4.01. The van der Waals surface area contributed by atoms with Gasteiger partial charge in [0.1, 0.15) is 0 Å². The molecule has 1 heterocycles. The first-order valence-corrected chi connectivity index (χ1v) is 10.4. The van der Waals surface area contributed by atoms with Crippen molar-refractivity contribution in [3.63, 3.8) is 0 Å². The first-order valence-electron chi connectivity index (χ1n) is 10.4. The molecule has 3 nitrogen and oxygen atoms in total. The number of nitrogens with zero attached hydrogens (tertiary/aromatic N) is 1. The Morgan fingerprint density at radius 1 is 1.07 bits per heavy atom. The smallest absolute Gasteiger partial charge is 0.0958 e. The lowest BCUT2D eigenvalue weighted by Gasteiger charge is -2.37. The van der Waals surface area contributed by atoms with Crippen LogP contribution >= 0.6 is 0 Å². The van der Waals surface area contributed by atoms with Crippen LogP contribution in [0.15, 0.2) is 77.6 Å². The highest BCUT2D eigenvalue weighted by Gasteiger charge is 2.43.